The third-order valence-corrected chi connectivity index (χ3v) is 4.83. The highest BCUT2D eigenvalue weighted by molar-refractivity contribution is 6.01. The van der Waals surface area contributed by atoms with Crippen LogP contribution in [0.4, 0.5) is 4.79 Å². The lowest BCUT2D eigenvalue weighted by Gasteiger charge is -2.37. The zero-order valence-electron chi connectivity index (χ0n) is 14.0. The molecular formula is C18H21N3O3. The predicted molar refractivity (Wildman–Crippen MR) is 87.3 cm³/mol. The monoisotopic (exact) mass is 327 g/mol. The Morgan fingerprint density at radius 3 is 2.71 bits per heavy atom. The van der Waals surface area contributed by atoms with Crippen molar-refractivity contribution < 1.29 is 14.3 Å². The largest absolute Gasteiger partial charge is 0.450 e. The van der Waals surface area contributed by atoms with Gasteiger partial charge in [-0.3, -0.25) is 4.79 Å². The number of hydrogen-bond donors (Lipinski definition) is 0. The van der Waals surface area contributed by atoms with Crippen molar-refractivity contribution in [1.82, 2.24) is 9.80 Å². The molecule has 2 amide bonds. The van der Waals surface area contributed by atoms with Crippen molar-refractivity contribution >= 4 is 12.0 Å². The van der Waals surface area contributed by atoms with Gasteiger partial charge in [-0.2, -0.15) is 5.26 Å². The fraction of sp³-hybridized carbons (Fsp3) is 0.500. The van der Waals surface area contributed by atoms with E-state index in [0.717, 1.165) is 11.1 Å². The highest BCUT2D eigenvalue weighted by Gasteiger charge is 2.42. The van der Waals surface area contributed by atoms with Crippen molar-refractivity contribution in [3.63, 3.8) is 0 Å². The third kappa shape index (κ3) is 2.60. The molecule has 24 heavy (non-hydrogen) atoms. The molecule has 0 spiro atoms. The molecule has 3 rings (SSSR count). The summed E-state index contributed by atoms with van der Waals surface area (Å²) < 4.78 is 5.03. The number of rotatable bonds is 2. The van der Waals surface area contributed by atoms with Crippen molar-refractivity contribution in [3.8, 4) is 6.07 Å². The molecule has 6 heteroatoms. The van der Waals surface area contributed by atoms with Crippen LogP contribution < -0.4 is 0 Å². The second kappa shape index (κ2) is 6.52. The van der Waals surface area contributed by atoms with Gasteiger partial charge >= 0.3 is 6.09 Å². The van der Waals surface area contributed by atoms with E-state index in [9.17, 15) is 14.9 Å². The minimum absolute atomic E-state index is 0.0281. The Morgan fingerprint density at radius 2 is 2.08 bits per heavy atom. The molecule has 0 bridgehead atoms. The summed E-state index contributed by atoms with van der Waals surface area (Å²) in [7, 11) is 0. The van der Waals surface area contributed by atoms with E-state index in [0.29, 0.717) is 38.1 Å². The summed E-state index contributed by atoms with van der Waals surface area (Å²) in [4.78, 5) is 28.1. The maximum atomic E-state index is 12.9. The maximum Gasteiger partial charge on any atom is 0.409 e. The number of aryl methyl sites for hydroxylation is 1. The SMILES string of the molecule is CCOC(=O)N1CCC(N2C(=O)c3c(C)cccc3C2C#N)CC1. The fourth-order valence-corrected chi connectivity index (χ4v) is 3.66. The molecule has 2 heterocycles. The maximum absolute atomic E-state index is 12.9. The molecule has 1 saturated heterocycles. The normalized spacial score (nSPS) is 20.7. The molecule has 0 aromatic heterocycles. The predicted octanol–water partition coefficient (Wildman–Crippen LogP) is 2.64. The van der Waals surface area contributed by atoms with Gasteiger partial charge in [0.15, 0.2) is 0 Å². The van der Waals surface area contributed by atoms with E-state index in [1.165, 1.54) is 0 Å². The molecule has 0 N–H and O–H groups in total. The quantitative estimate of drug-likeness (QED) is 0.837. The topological polar surface area (TPSA) is 73.6 Å². The van der Waals surface area contributed by atoms with Gasteiger partial charge < -0.3 is 14.5 Å². The van der Waals surface area contributed by atoms with Crippen LogP contribution in [0.2, 0.25) is 0 Å². The Labute approximate surface area is 141 Å². The Balaban J connectivity index is 1.77. The van der Waals surface area contributed by atoms with Crippen molar-refractivity contribution in [2.45, 2.75) is 38.8 Å². The van der Waals surface area contributed by atoms with E-state index in [4.69, 9.17) is 4.74 Å². The van der Waals surface area contributed by atoms with E-state index in [-0.39, 0.29) is 18.0 Å². The molecule has 1 unspecified atom stereocenters. The number of hydrogen-bond acceptors (Lipinski definition) is 4. The molecule has 1 fully saturated rings. The number of fused-ring (bicyclic) bond motifs is 1. The first-order valence-corrected chi connectivity index (χ1v) is 8.32. The molecule has 0 saturated carbocycles. The van der Waals surface area contributed by atoms with E-state index >= 15 is 0 Å². The molecule has 2 aliphatic heterocycles. The zero-order valence-corrected chi connectivity index (χ0v) is 14.0. The van der Waals surface area contributed by atoms with Crippen LogP contribution in [0.15, 0.2) is 18.2 Å². The van der Waals surface area contributed by atoms with Crippen LogP contribution in [0.3, 0.4) is 0 Å². The first-order chi connectivity index (χ1) is 11.6. The van der Waals surface area contributed by atoms with Gasteiger partial charge in [0.2, 0.25) is 0 Å². The highest BCUT2D eigenvalue weighted by atomic mass is 16.6. The van der Waals surface area contributed by atoms with Gasteiger partial charge in [0.1, 0.15) is 6.04 Å². The molecule has 1 aromatic rings. The molecular weight excluding hydrogens is 306 g/mol. The summed E-state index contributed by atoms with van der Waals surface area (Å²) in [6, 6.07) is 7.37. The average molecular weight is 327 g/mol. The first-order valence-electron chi connectivity index (χ1n) is 8.32. The van der Waals surface area contributed by atoms with Crippen molar-refractivity contribution in [3.05, 3.63) is 34.9 Å². The number of benzene rings is 1. The number of amides is 2. The van der Waals surface area contributed by atoms with E-state index < -0.39 is 6.04 Å². The lowest BCUT2D eigenvalue weighted by atomic mass is 10.0. The van der Waals surface area contributed by atoms with Crippen molar-refractivity contribution in [2.75, 3.05) is 19.7 Å². The number of nitrogens with zero attached hydrogens (tertiary/aromatic N) is 3. The second-order valence-electron chi connectivity index (χ2n) is 6.20. The summed E-state index contributed by atoms with van der Waals surface area (Å²) in [5, 5.41) is 9.60. The number of nitriles is 1. The third-order valence-electron chi connectivity index (χ3n) is 4.83. The van der Waals surface area contributed by atoms with Crippen LogP contribution in [0.5, 0.6) is 0 Å². The fourth-order valence-electron chi connectivity index (χ4n) is 3.66. The molecule has 126 valence electrons. The van der Waals surface area contributed by atoms with E-state index in [2.05, 4.69) is 6.07 Å². The van der Waals surface area contributed by atoms with Crippen molar-refractivity contribution in [1.29, 1.82) is 5.26 Å². The van der Waals surface area contributed by atoms with Crippen LogP contribution >= 0.6 is 0 Å². The minimum Gasteiger partial charge on any atom is -0.450 e. The first kappa shape index (κ1) is 16.3. The summed E-state index contributed by atoms with van der Waals surface area (Å²) in [5.41, 5.74) is 2.37. The summed E-state index contributed by atoms with van der Waals surface area (Å²) >= 11 is 0. The summed E-state index contributed by atoms with van der Waals surface area (Å²) in [6.45, 7) is 5.12. The van der Waals surface area contributed by atoms with Crippen LogP contribution in [0, 0.1) is 18.3 Å². The zero-order chi connectivity index (χ0) is 17.3. The van der Waals surface area contributed by atoms with Gasteiger partial charge in [0.25, 0.3) is 5.91 Å². The molecule has 1 aromatic carbocycles. The van der Waals surface area contributed by atoms with Crippen LogP contribution in [-0.4, -0.2) is 47.5 Å². The smallest absolute Gasteiger partial charge is 0.409 e. The molecule has 2 aliphatic rings. The van der Waals surface area contributed by atoms with Gasteiger partial charge in [-0.05, 0) is 32.3 Å². The number of carbonyl (C=O) groups is 2. The number of piperidine rings is 1. The number of ether oxygens (including phenoxy) is 1. The van der Waals surface area contributed by atoms with Gasteiger partial charge in [0, 0.05) is 30.3 Å². The Morgan fingerprint density at radius 1 is 1.38 bits per heavy atom. The summed E-state index contributed by atoms with van der Waals surface area (Å²) in [6.07, 6.45) is 1.02. The van der Waals surface area contributed by atoms with E-state index in [1.54, 1.807) is 16.7 Å². The highest BCUT2D eigenvalue weighted by Crippen LogP contribution is 2.38. The Hall–Kier alpha value is -2.55. The van der Waals surface area contributed by atoms with Gasteiger partial charge in [-0.1, -0.05) is 18.2 Å². The lowest BCUT2D eigenvalue weighted by Crippen LogP contribution is -2.48. The number of carbonyl (C=O) groups excluding carboxylic acids is 2. The molecule has 0 radical (unpaired) electrons. The Bertz CT molecular complexity index is 702. The standard InChI is InChI=1S/C18H21N3O3/c1-3-24-18(23)20-9-7-13(8-10-20)21-15(11-19)14-6-4-5-12(2)16(14)17(21)22/h4-6,13,15H,3,7-10H2,1-2H3. The minimum atomic E-state index is -0.536. The number of likely N-dealkylation sites (tertiary alicyclic amines) is 1. The Kier molecular flexibility index (Phi) is 4.43. The summed E-state index contributed by atoms with van der Waals surface area (Å²) in [5.74, 6) is -0.0655. The second-order valence-corrected chi connectivity index (χ2v) is 6.20. The molecule has 0 aliphatic carbocycles. The lowest BCUT2D eigenvalue weighted by molar-refractivity contribution is 0.0521. The van der Waals surface area contributed by atoms with Gasteiger partial charge in [0.05, 0.1) is 12.7 Å². The van der Waals surface area contributed by atoms with Crippen molar-refractivity contribution in [2.24, 2.45) is 0 Å². The van der Waals surface area contributed by atoms with Gasteiger partial charge in [-0.25, -0.2) is 4.79 Å². The molecule has 6 nitrogen and oxygen atoms in total. The van der Waals surface area contributed by atoms with Gasteiger partial charge in [-0.15, -0.1) is 0 Å². The average Bonchev–Trinajstić information content (AvgIpc) is 2.88. The molecule has 1 atom stereocenters. The van der Waals surface area contributed by atoms with Crippen LogP contribution in [0.1, 0.15) is 47.3 Å². The van der Waals surface area contributed by atoms with E-state index in [1.807, 2.05) is 25.1 Å². The van der Waals surface area contributed by atoms with Crippen LogP contribution in [0.25, 0.3) is 0 Å². The van der Waals surface area contributed by atoms with Crippen LogP contribution in [-0.2, 0) is 4.74 Å².